The molecule has 0 saturated carbocycles. The van der Waals surface area contributed by atoms with Crippen molar-refractivity contribution in [1.29, 1.82) is 0 Å². The summed E-state index contributed by atoms with van der Waals surface area (Å²) in [5.74, 6) is 6.34. The Balaban J connectivity index is 2.27. The SMILES string of the molecule is CCC(C)CC(NN)c1ccc2cccnc2c1. The molecule has 3 heteroatoms. The maximum absolute atomic E-state index is 5.68. The van der Waals surface area contributed by atoms with Crippen LogP contribution in [0.5, 0.6) is 0 Å². The van der Waals surface area contributed by atoms with Crippen LogP contribution < -0.4 is 11.3 Å². The molecule has 0 aliphatic rings. The van der Waals surface area contributed by atoms with Crippen molar-refractivity contribution in [2.24, 2.45) is 11.8 Å². The molecule has 0 amide bonds. The third-order valence-electron chi connectivity index (χ3n) is 3.57. The van der Waals surface area contributed by atoms with E-state index in [1.54, 1.807) is 0 Å². The number of hydrogen-bond acceptors (Lipinski definition) is 3. The fourth-order valence-corrected chi connectivity index (χ4v) is 2.17. The molecule has 0 saturated heterocycles. The molecule has 0 aliphatic heterocycles. The van der Waals surface area contributed by atoms with Gasteiger partial charge in [0.25, 0.3) is 0 Å². The summed E-state index contributed by atoms with van der Waals surface area (Å²) >= 11 is 0. The van der Waals surface area contributed by atoms with Crippen LogP contribution in [0.25, 0.3) is 10.9 Å². The fraction of sp³-hybridized carbons (Fsp3) is 0.400. The van der Waals surface area contributed by atoms with Gasteiger partial charge in [-0.25, -0.2) is 0 Å². The number of aromatic nitrogens is 1. The van der Waals surface area contributed by atoms with Crippen molar-refractivity contribution in [3.05, 3.63) is 42.1 Å². The quantitative estimate of drug-likeness (QED) is 0.626. The van der Waals surface area contributed by atoms with E-state index in [1.165, 1.54) is 17.4 Å². The maximum atomic E-state index is 5.68. The van der Waals surface area contributed by atoms with Crippen molar-refractivity contribution >= 4 is 10.9 Å². The van der Waals surface area contributed by atoms with E-state index in [1.807, 2.05) is 12.3 Å². The molecule has 0 spiro atoms. The Kier molecular flexibility index (Phi) is 4.28. The third-order valence-corrected chi connectivity index (χ3v) is 3.57. The average molecular weight is 243 g/mol. The van der Waals surface area contributed by atoms with Gasteiger partial charge in [-0.1, -0.05) is 38.5 Å². The minimum absolute atomic E-state index is 0.200. The summed E-state index contributed by atoms with van der Waals surface area (Å²) in [6.45, 7) is 4.46. The Labute approximate surface area is 108 Å². The Morgan fingerprint density at radius 2 is 2.17 bits per heavy atom. The summed E-state index contributed by atoms with van der Waals surface area (Å²) in [6.07, 6.45) is 4.04. The Bertz CT molecular complexity index is 510. The topological polar surface area (TPSA) is 50.9 Å². The third kappa shape index (κ3) is 2.86. The Morgan fingerprint density at radius 1 is 1.33 bits per heavy atom. The molecule has 2 unspecified atom stereocenters. The second kappa shape index (κ2) is 5.94. The lowest BCUT2D eigenvalue weighted by Gasteiger charge is -2.20. The molecule has 0 aliphatic carbocycles. The van der Waals surface area contributed by atoms with Crippen molar-refractivity contribution < 1.29 is 0 Å². The van der Waals surface area contributed by atoms with Gasteiger partial charge in [0.05, 0.1) is 5.52 Å². The molecule has 3 N–H and O–H groups in total. The van der Waals surface area contributed by atoms with Crippen molar-refractivity contribution in [1.82, 2.24) is 10.4 Å². The molecule has 2 rings (SSSR count). The number of benzene rings is 1. The van der Waals surface area contributed by atoms with E-state index in [0.717, 1.165) is 11.9 Å². The van der Waals surface area contributed by atoms with Crippen LogP contribution in [0.15, 0.2) is 36.5 Å². The van der Waals surface area contributed by atoms with Gasteiger partial charge in [-0.2, -0.15) is 0 Å². The van der Waals surface area contributed by atoms with Crippen LogP contribution in [0.4, 0.5) is 0 Å². The largest absolute Gasteiger partial charge is 0.271 e. The smallest absolute Gasteiger partial charge is 0.0705 e. The summed E-state index contributed by atoms with van der Waals surface area (Å²) in [7, 11) is 0. The van der Waals surface area contributed by atoms with Gasteiger partial charge in [-0.3, -0.25) is 16.3 Å². The molecular weight excluding hydrogens is 222 g/mol. The molecule has 18 heavy (non-hydrogen) atoms. The van der Waals surface area contributed by atoms with Gasteiger partial charge in [0.2, 0.25) is 0 Å². The highest BCUT2D eigenvalue weighted by Gasteiger charge is 2.13. The lowest BCUT2D eigenvalue weighted by atomic mass is 9.94. The molecule has 1 heterocycles. The normalized spacial score (nSPS) is 14.6. The maximum Gasteiger partial charge on any atom is 0.0705 e. The molecule has 0 radical (unpaired) electrons. The van der Waals surface area contributed by atoms with Crippen molar-refractivity contribution in [3.8, 4) is 0 Å². The number of fused-ring (bicyclic) bond motifs is 1. The van der Waals surface area contributed by atoms with Crippen LogP contribution in [0.1, 0.15) is 38.3 Å². The number of hydrazine groups is 1. The Morgan fingerprint density at radius 3 is 2.89 bits per heavy atom. The van der Waals surface area contributed by atoms with Gasteiger partial charge >= 0.3 is 0 Å². The second-order valence-corrected chi connectivity index (χ2v) is 4.92. The minimum Gasteiger partial charge on any atom is -0.271 e. The highest BCUT2D eigenvalue weighted by molar-refractivity contribution is 5.78. The minimum atomic E-state index is 0.200. The van der Waals surface area contributed by atoms with Crippen LogP contribution in [-0.4, -0.2) is 4.98 Å². The lowest BCUT2D eigenvalue weighted by Crippen LogP contribution is -2.29. The summed E-state index contributed by atoms with van der Waals surface area (Å²) in [6, 6.07) is 10.6. The van der Waals surface area contributed by atoms with Crippen LogP contribution in [0.3, 0.4) is 0 Å². The van der Waals surface area contributed by atoms with Crippen molar-refractivity contribution in [2.75, 3.05) is 0 Å². The lowest BCUT2D eigenvalue weighted by molar-refractivity contribution is 0.408. The van der Waals surface area contributed by atoms with E-state index in [-0.39, 0.29) is 6.04 Å². The first kappa shape index (κ1) is 13.0. The molecule has 1 aromatic carbocycles. The zero-order valence-electron chi connectivity index (χ0n) is 11.1. The highest BCUT2D eigenvalue weighted by atomic mass is 15.2. The van der Waals surface area contributed by atoms with Gasteiger partial charge < -0.3 is 0 Å². The first-order valence-electron chi connectivity index (χ1n) is 6.55. The molecule has 0 fully saturated rings. The Hall–Kier alpha value is -1.45. The summed E-state index contributed by atoms with van der Waals surface area (Å²) in [5, 5.41) is 1.17. The van der Waals surface area contributed by atoms with Gasteiger partial charge in [0.1, 0.15) is 0 Å². The summed E-state index contributed by atoms with van der Waals surface area (Å²) in [5.41, 5.74) is 5.16. The summed E-state index contributed by atoms with van der Waals surface area (Å²) < 4.78 is 0. The first-order valence-corrected chi connectivity index (χ1v) is 6.55. The van der Waals surface area contributed by atoms with Crippen LogP contribution in [0, 0.1) is 5.92 Å². The van der Waals surface area contributed by atoms with Crippen LogP contribution in [-0.2, 0) is 0 Å². The van der Waals surface area contributed by atoms with Gasteiger partial charge in [-0.05, 0) is 30.0 Å². The van der Waals surface area contributed by atoms with Gasteiger partial charge in [0, 0.05) is 17.6 Å². The van der Waals surface area contributed by atoms with Gasteiger partial charge in [0.15, 0.2) is 0 Å². The fourth-order valence-electron chi connectivity index (χ4n) is 2.17. The van der Waals surface area contributed by atoms with E-state index < -0.39 is 0 Å². The highest BCUT2D eigenvalue weighted by Crippen LogP contribution is 2.24. The average Bonchev–Trinajstić information content (AvgIpc) is 2.44. The number of nitrogens with one attached hydrogen (secondary N) is 1. The molecule has 3 nitrogen and oxygen atoms in total. The molecular formula is C15H21N3. The monoisotopic (exact) mass is 243 g/mol. The number of pyridine rings is 1. The number of nitrogens with two attached hydrogens (primary N) is 1. The predicted octanol–water partition coefficient (Wildman–Crippen LogP) is 3.18. The van der Waals surface area contributed by atoms with Gasteiger partial charge in [-0.15, -0.1) is 0 Å². The standard InChI is InChI=1S/C15H21N3/c1-3-11(2)9-15(18-16)13-7-6-12-5-4-8-17-14(12)10-13/h4-8,10-11,15,18H,3,9,16H2,1-2H3. The second-order valence-electron chi connectivity index (χ2n) is 4.92. The van der Waals surface area contributed by atoms with E-state index in [2.05, 4.69) is 48.5 Å². The number of rotatable bonds is 5. The van der Waals surface area contributed by atoms with Crippen molar-refractivity contribution in [2.45, 2.75) is 32.7 Å². The molecule has 1 aromatic heterocycles. The molecule has 96 valence electrons. The number of nitrogens with zero attached hydrogens (tertiary/aromatic N) is 1. The predicted molar refractivity (Wildman–Crippen MR) is 75.9 cm³/mol. The zero-order chi connectivity index (χ0) is 13.0. The van der Waals surface area contributed by atoms with Crippen LogP contribution >= 0.6 is 0 Å². The van der Waals surface area contributed by atoms with E-state index in [0.29, 0.717) is 5.92 Å². The molecule has 2 atom stereocenters. The van der Waals surface area contributed by atoms with E-state index >= 15 is 0 Å². The molecule has 0 bridgehead atoms. The molecule has 2 aromatic rings. The van der Waals surface area contributed by atoms with Crippen molar-refractivity contribution in [3.63, 3.8) is 0 Å². The van der Waals surface area contributed by atoms with Crippen LogP contribution in [0.2, 0.25) is 0 Å². The van der Waals surface area contributed by atoms with E-state index in [4.69, 9.17) is 5.84 Å². The first-order chi connectivity index (χ1) is 8.74. The zero-order valence-corrected chi connectivity index (χ0v) is 11.1. The van der Waals surface area contributed by atoms with E-state index in [9.17, 15) is 0 Å². The summed E-state index contributed by atoms with van der Waals surface area (Å²) in [4.78, 5) is 4.39. The number of hydrogen-bond donors (Lipinski definition) is 2.